The number of halogens is 2. The minimum atomic E-state index is -0.400. The molecule has 0 saturated carbocycles. The van der Waals surface area contributed by atoms with Crippen LogP contribution in [0.2, 0.25) is 5.02 Å². The van der Waals surface area contributed by atoms with Crippen molar-refractivity contribution in [1.82, 2.24) is 10.6 Å². The highest BCUT2D eigenvalue weighted by Gasteiger charge is 2.25. The van der Waals surface area contributed by atoms with Crippen LogP contribution >= 0.6 is 27.5 Å². The molecule has 1 amide bonds. The van der Waals surface area contributed by atoms with Crippen LogP contribution in [-0.2, 0) is 0 Å². The Balaban J connectivity index is 1.97. The van der Waals surface area contributed by atoms with Crippen LogP contribution in [0.5, 0.6) is 0 Å². The molecule has 1 aromatic rings. The summed E-state index contributed by atoms with van der Waals surface area (Å²) in [7, 11) is 0. The zero-order chi connectivity index (χ0) is 13.1. The van der Waals surface area contributed by atoms with Gasteiger partial charge in [0.05, 0.1) is 16.7 Å². The molecule has 2 unspecified atom stereocenters. The molecule has 4 nitrogen and oxygen atoms in total. The van der Waals surface area contributed by atoms with E-state index in [1.54, 1.807) is 18.2 Å². The van der Waals surface area contributed by atoms with Crippen LogP contribution < -0.4 is 10.6 Å². The minimum absolute atomic E-state index is 0.0554. The van der Waals surface area contributed by atoms with Crippen LogP contribution in [0, 0.1) is 5.92 Å². The lowest BCUT2D eigenvalue weighted by Gasteiger charge is -2.14. The smallest absolute Gasteiger partial charge is 0.252 e. The number of hydrogen-bond acceptors (Lipinski definition) is 3. The normalized spacial score (nSPS) is 23.1. The number of carbonyl (C=O) groups excluding carboxylic acids is 1. The summed E-state index contributed by atoms with van der Waals surface area (Å²) in [6.07, 6.45) is -0.400. The second-order valence-corrected chi connectivity index (χ2v) is 5.64. The third kappa shape index (κ3) is 3.23. The fourth-order valence-electron chi connectivity index (χ4n) is 1.92. The third-order valence-electron chi connectivity index (χ3n) is 3.00. The molecule has 0 aliphatic carbocycles. The molecule has 18 heavy (non-hydrogen) atoms. The van der Waals surface area contributed by atoms with E-state index < -0.39 is 6.10 Å². The van der Waals surface area contributed by atoms with Crippen molar-refractivity contribution in [2.75, 3.05) is 19.6 Å². The lowest BCUT2D eigenvalue weighted by Crippen LogP contribution is -2.34. The van der Waals surface area contributed by atoms with Crippen molar-refractivity contribution in [2.24, 2.45) is 5.92 Å². The summed E-state index contributed by atoms with van der Waals surface area (Å²) >= 11 is 9.27. The van der Waals surface area contributed by atoms with Crippen molar-refractivity contribution >= 4 is 33.4 Å². The Labute approximate surface area is 119 Å². The fraction of sp³-hybridized carbons (Fsp3) is 0.417. The van der Waals surface area contributed by atoms with Gasteiger partial charge in [-0.3, -0.25) is 4.79 Å². The van der Waals surface area contributed by atoms with E-state index in [9.17, 15) is 9.90 Å². The fourth-order valence-corrected chi connectivity index (χ4v) is 2.48. The average molecular weight is 334 g/mol. The van der Waals surface area contributed by atoms with Gasteiger partial charge in [0.15, 0.2) is 0 Å². The van der Waals surface area contributed by atoms with Gasteiger partial charge < -0.3 is 15.7 Å². The average Bonchev–Trinajstić information content (AvgIpc) is 2.75. The van der Waals surface area contributed by atoms with Crippen LogP contribution in [0.1, 0.15) is 10.4 Å². The second-order valence-electron chi connectivity index (χ2n) is 4.32. The summed E-state index contributed by atoms with van der Waals surface area (Å²) < 4.78 is 0.805. The predicted molar refractivity (Wildman–Crippen MR) is 73.9 cm³/mol. The molecule has 1 heterocycles. The first-order valence-electron chi connectivity index (χ1n) is 5.70. The lowest BCUT2D eigenvalue weighted by molar-refractivity contribution is 0.0927. The van der Waals surface area contributed by atoms with Crippen molar-refractivity contribution in [2.45, 2.75) is 6.10 Å². The van der Waals surface area contributed by atoms with Crippen LogP contribution in [0.3, 0.4) is 0 Å². The summed E-state index contributed by atoms with van der Waals surface area (Å²) in [4.78, 5) is 12.0. The number of benzene rings is 1. The first kappa shape index (κ1) is 13.8. The number of aliphatic hydroxyl groups excluding tert-OH is 1. The van der Waals surface area contributed by atoms with Gasteiger partial charge in [0.25, 0.3) is 5.91 Å². The number of aliphatic hydroxyl groups is 1. The highest BCUT2D eigenvalue weighted by Crippen LogP contribution is 2.21. The first-order valence-corrected chi connectivity index (χ1v) is 6.87. The van der Waals surface area contributed by atoms with Crippen LogP contribution in [0.25, 0.3) is 0 Å². The van der Waals surface area contributed by atoms with E-state index in [4.69, 9.17) is 11.6 Å². The molecule has 6 heteroatoms. The van der Waals surface area contributed by atoms with E-state index in [0.717, 1.165) is 4.47 Å². The molecule has 98 valence electrons. The molecule has 0 aromatic heterocycles. The van der Waals surface area contributed by atoms with Gasteiger partial charge in [-0.05, 0) is 18.2 Å². The van der Waals surface area contributed by atoms with Crippen molar-refractivity contribution in [1.29, 1.82) is 0 Å². The number of rotatable bonds is 3. The number of nitrogens with one attached hydrogen (secondary N) is 2. The van der Waals surface area contributed by atoms with Gasteiger partial charge in [0.1, 0.15) is 0 Å². The molecule has 2 rings (SSSR count). The Morgan fingerprint density at radius 3 is 3.00 bits per heavy atom. The zero-order valence-electron chi connectivity index (χ0n) is 9.62. The molecule has 1 aliphatic rings. The van der Waals surface area contributed by atoms with E-state index in [2.05, 4.69) is 26.6 Å². The summed E-state index contributed by atoms with van der Waals surface area (Å²) in [6, 6.07) is 5.14. The lowest BCUT2D eigenvalue weighted by atomic mass is 10.1. The number of amides is 1. The van der Waals surface area contributed by atoms with E-state index in [-0.39, 0.29) is 11.8 Å². The van der Waals surface area contributed by atoms with E-state index in [0.29, 0.717) is 30.2 Å². The molecular weight excluding hydrogens is 320 g/mol. The van der Waals surface area contributed by atoms with Gasteiger partial charge in [-0.15, -0.1) is 0 Å². The second kappa shape index (κ2) is 6.02. The molecule has 1 fully saturated rings. The van der Waals surface area contributed by atoms with Gasteiger partial charge in [0.2, 0.25) is 0 Å². The summed E-state index contributed by atoms with van der Waals surface area (Å²) in [5.41, 5.74) is 0.437. The quantitative estimate of drug-likeness (QED) is 0.784. The Morgan fingerprint density at radius 2 is 2.33 bits per heavy atom. The summed E-state index contributed by atoms with van der Waals surface area (Å²) in [5.74, 6) is -0.166. The number of β-amino-alcohol motifs (C(OH)–C–C–N with tert-alkyl or cyclic N) is 1. The molecule has 1 aliphatic heterocycles. The maximum Gasteiger partial charge on any atom is 0.252 e. The Bertz CT molecular complexity index is 456. The van der Waals surface area contributed by atoms with Crippen LogP contribution in [0.4, 0.5) is 0 Å². The van der Waals surface area contributed by atoms with Gasteiger partial charge in [-0.25, -0.2) is 0 Å². The molecule has 1 aromatic carbocycles. The van der Waals surface area contributed by atoms with Crippen molar-refractivity contribution in [3.63, 3.8) is 0 Å². The van der Waals surface area contributed by atoms with E-state index in [1.807, 2.05) is 0 Å². The SMILES string of the molecule is O=C(NCC1CNCC1O)c1cc(Br)ccc1Cl. The monoisotopic (exact) mass is 332 g/mol. The molecule has 0 radical (unpaired) electrons. The Kier molecular flexibility index (Phi) is 4.61. The molecule has 0 bridgehead atoms. The zero-order valence-corrected chi connectivity index (χ0v) is 12.0. The van der Waals surface area contributed by atoms with Gasteiger partial charge in [-0.1, -0.05) is 27.5 Å². The summed E-state index contributed by atoms with van der Waals surface area (Å²) in [6.45, 7) is 1.74. The van der Waals surface area contributed by atoms with Crippen LogP contribution in [-0.4, -0.2) is 36.8 Å². The van der Waals surface area contributed by atoms with Crippen LogP contribution in [0.15, 0.2) is 22.7 Å². The van der Waals surface area contributed by atoms with E-state index >= 15 is 0 Å². The van der Waals surface area contributed by atoms with E-state index in [1.165, 1.54) is 0 Å². The highest BCUT2D eigenvalue weighted by molar-refractivity contribution is 9.10. The largest absolute Gasteiger partial charge is 0.391 e. The minimum Gasteiger partial charge on any atom is -0.391 e. The Hall–Kier alpha value is -0.620. The number of hydrogen-bond donors (Lipinski definition) is 3. The van der Waals surface area contributed by atoms with Crippen molar-refractivity contribution < 1.29 is 9.90 Å². The van der Waals surface area contributed by atoms with Crippen molar-refractivity contribution in [3.05, 3.63) is 33.3 Å². The molecule has 2 atom stereocenters. The maximum atomic E-state index is 12.0. The molecule has 1 saturated heterocycles. The Morgan fingerprint density at radius 1 is 1.56 bits per heavy atom. The third-order valence-corrected chi connectivity index (χ3v) is 3.82. The maximum absolute atomic E-state index is 12.0. The van der Waals surface area contributed by atoms with Gasteiger partial charge in [-0.2, -0.15) is 0 Å². The predicted octanol–water partition coefficient (Wildman–Crippen LogP) is 1.41. The molecule has 3 N–H and O–H groups in total. The topological polar surface area (TPSA) is 61.4 Å². The van der Waals surface area contributed by atoms with Crippen molar-refractivity contribution in [3.8, 4) is 0 Å². The molecule has 0 spiro atoms. The highest BCUT2D eigenvalue weighted by atomic mass is 79.9. The van der Waals surface area contributed by atoms with Gasteiger partial charge in [0, 0.05) is 30.0 Å². The standard InChI is InChI=1S/C12H14BrClN2O2/c13-8-1-2-10(14)9(3-8)12(18)16-5-7-4-15-6-11(7)17/h1-3,7,11,15,17H,4-6H2,(H,16,18). The first-order chi connectivity index (χ1) is 8.58. The molecular formula is C12H14BrClN2O2. The number of carbonyl (C=O) groups is 1. The van der Waals surface area contributed by atoms with Gasteiger partial charge >= 0.3 is 0 Å². The summed E-state index contributed by atoms with van der Waals surface area (Å²) in [5, 5.41) is 15.9.